The largest absolute Gasteiger partial charge is 0.433 e. The summed E-state index contributed by atoms with van der Waals surface area (Å²) in [5.74, 6) is 1.27. The molecule has 0 bridgehead atoms. The fourth-order valence-corrected chi connectivity index (χ4v) is 4.18. The Balaban J connectivity index is 1.44. The third-order valence-electron chi connectivity index (χ3n) is 5.77. The molecule has 1 aliphatic heterocycles. The molecule has 1 atom stereocenters. The maximum atomic E-state index is 12.6. The predicted molar refractivity (Wildman–Crippen MR) is 128 cm³/mol. The van der Waals surface area contributed by atoms with Crippen LogP contribution in [-0.4, -0.2) is 59.6 Å². The van der Waals surface area contributed by atoms with Crippen LogP contribution in [-0.2, 0) is 17.5 Å². The summed E-state index contributed by atoms with van der Waals surface area (Å²) in [6, 6.07) is 4.52. The summed E-state index contributed by atoms with van der Waals surface area (Å²) in [6.45, 7) is 3.96. The molecular weight excluding hydrogens is 461 g/mol. The van der Waals surface area contributed by atoms with Gasteiger partial charge in [-0.05, 0) is 24.6 Å². The van der Waals surface area contributed by atoms with E-state index in [1.807, 2.05) is 20.0 Å². The highest BCUT2D eigenvalue weighted by Crippen LogP contribution is 2.35. The second kappa shape index (κ2) is 9.90. The second-order valence-electron chi connectivity index (χ2n) is 8.40. The monoisotopic (exact) mass is 488 g/mol. The van der Waals surface area contributed by atoms with Gasteiger partial charge in [-0.25, -0.2) is 4.98 Å². The van der Waals surface area contributed by atoms with Crippen molar-refractivity contribution in [1.82, 2.24) is 24.8 Å². The predicted octanol–water partition coefficient (Wildman–Crippen LogP) is 3.53. The number of hydrogen-bond donors (Lipinski definition) is 3. The Kier molecular flexibility index (Phi) is 6.92. The Morgan fingerprint density at radius 2 is 2.11 bits per heavy atom. The van der Waals surface area contributed by atoms with Crippen molar-refractivity contribution >= 4 is 29.0 Å². The Labute approximate surface area is 200 Å². The smallest absolute Gasteiger partial charge is 0.386 e. The van der Waals surface area contributed by atoms with Crippen LogP contribution in [0.4, 0.5) is 24.9 Å². The van der Waals surface area contributed by atoms with Crippen molar-refractivity contribution in [3.8, 4) is 0 Å². The van der Waals surface area contributed by atoms with Crippen molar-refractivity contribution in [3.63, 3.8) is 0 Å². The first-order valence-electron chi connectivity index (χ1n) is 11.0. The highest BCUT2D eigenvalue weighted by atomic mass is 19.4. The lowest BCUT2D eigenvalue weighted by Crippen LogP contribution is -2.35. The molecule has 1 aliphatic rings. The number of aryl methyl sites for hydroxylation is 1. The molecule has 0 unspecified atom stereocenters. The minimum Gasteiger partial charge on any atom is -0.386 e. The number of aromatic nitrogens is 4. The number of pyridine rings is 1. The van der Waals surface area contributed by atoms with E-state index in [0.29, 0.717) is 30.2 Å². The van der Waals surface area contributed by atoms with Gasteiger partial charge in [-0.1, -0.05) is 6.07 Å². The van der Waals surface area contributed by atoms with Gasteiger partial charge in [0.1, 0.15) is 11.2 Å². The number of anilines is 2. The molecule has 0 saturated heterocycles. The molecule has 0 amide bonds. The van der Waals surface area contributed by atoms with Crippen LogP contribution in [0.3, 0.4) is 0 Å². The molecule has 0 aliphatic carbocycles. The van der Waals surface area contributed by atoms with Gasteiger partial charge < -0.3 is 30.2 Å². The first-order valence-corrected chi connectivity index (χ1v) is 11.0. The number of methoxy groups -OCH3 is 1. The summed E-state index contributed by atoms with van der Waals surface area (Å²) < 4.78 is 45.5. The zero-order valence-corrected chi connectivity index (χ0v) is 19.6. The molecule has 3 aromatic heterocycles. The topological polar surface area (TPSA) is 104 Å². The van der Waals surface area contributed by atoms with Crippen LogP contribution in [0.1, 0.15) is 23.0 Å². The number of nitrogens with zero attached hydrogens (tertiary/aromatic N) is 5. The Morgan fingerprint density at radius 3 is 2.77 bits per heavy atom. The summed E-state index contributed by atoms with van der Waals surface area (Å²) >= 11 is 0. The quantitative estimate of drug-likeness (QED) is 0.396. The Morgan fingerprint density at radius 1 is 1.31 bits per heavy atom. The van der Waals surface area contributed by atoms with Crippen LogP contribution >= 0.6 is 0 Å². The highest BCUT2D eigenvalue weighted by Gasteiger charge is 2.32. The first kappa shape index (κ1) is 24.5. The number of nitrogens with one attached hydrogen (secondary N) is 3. The van der Waals surface area contributed by atoms with Gasteiger partial charge in [0.05, 0.1) is 18.2 Å². The normalized spacial score (nSPS) is 16.0. The average Bonchev–Trinajstić information content (AvgIpc) is 3.15. The molecule has 4 heterocycles. The van der Waals surface area contributed by atoms with Crippen LogP contribution in [0.15, 0.2) is 36.2 Å². The van der Waals surface area contributed by atoms with Crippen molar-refractivity contribution in [2.75, 3.05) is 44.1 Å². The molecule has 12 heteroatoms. The van der Waals surface area contributed by atoms with Gasteiger partial charge in [0, 0.05) is 63.7 Å². The van der Waals surface area contributed by atoms with E-state index in [4.69, 9.17) is 15.1 Å². The first-order chi connectivity index (χ1) is 16.7. The molecule has 3 aromatic rings. The molecule has 0 spiro atoms. The van der Waals surface area contributed by atoms with E-state index in [0.717, 1.165) is 35.2 Å². The minimum atomic E-state index is -4.46. The zero-order valence-electron chi connectivity index (χ0n) is 19.6. The molecule has 0 radical (unpaired) electrons. The van der Waals surface area contributed by atoms with Crippen LogP contribution in [0.25, 0.3) is 11.0 Å². The maximum absolute atomic E-state index is 12.6. The van der Waals surface area contributed by atoms with E-state index < -0.39 is 11.9 Å². The molecule has 0 saturated carbocycles. The fourth-order valence-electron chi connectivity index (χ4n) is 4.18. The van der Waals surface area contributed by atoms with Crippen LogP contribution in [0.5, 0.6) is 0 Å². The second-order valence-corrected chi connectivity index (χ2v) is 8.40. The number of alkyl halides is 3. The van der Waals surface area contributed by atoms with E-state index in [-0.39, 0.29) is 12.6 Å². The fraction of sp³-hybridized carbons (Fsp3) is 0.391. The highest BCUT2D eigenvalue weighted by molar-refractivity contribution is 5.90. The van der Waals surface area contributed by atoms with E-state index in [1.54, 1.807) is 13.3 Å². The van der Waals surface area contributed by atoms with Gasteiger partial charge in [0.25, 0.3) is 0 Å². The maximum Gasteiger partial charge on any atom is 0.433 e. The van der Waals surface area contributed by atoms with Crippen LogP contribution in [0, 0.1) is 12.3 Å². The number of halogens is 3. The van der Waals surface area contributed by atoms with Crippen molar-refractivity contribution in [2.45, 2.75) is 25.7 Å². The van der Waals surface area contributed by atoms with Crippen molar-refractivity contribution < 1.29 is 17.9 Å². The standard InChI is InChI=1S/C23H27F3N8O/c1-14-6-18-20-21(33(2)12-17(13-35-3)34(14)20)32-22(31-18)30-11-16(7-27)9-28-8-15-4-5-19(29-10-15)23(24,25)26/h4-7,9-10,17,27-28H,8,11-13H2,1-3H3,(H,30,31,32)/b16-9+,27-7?/t17-/m1/s1. The number of ether oxygens (including phenoxy) is 1. The van der Waals surface area contributed by atoms with Gasteiger partial charge in [-0.2, -0.15) is 18.2 Å². The number of rotatable bonds is 9. The van der Waals surface area contributed by atoms with Gasteiger partial charge in [-0.15, -0.1) is 0 Å². The molecule has 35 heavy (non-hydrogen) atoms. The Bertz CT molecular complexity index is 1240. The molecule has 0 fully saturated rings. The molecule has 186 valence electrons. The summed E-state index contributed by atoms with van der Waals surface area (Å²) in [5.41, 5.74) is 3.17. The zero-order chi connectivity index (χ0) is 25.2. The van der Waals surface area contributed by atoms with E-state index in [1.165, 1.54) is 18.5 Å². The van der Waals surface area contributed by atoms with Crippen LogP contribution in [0.2, 0.25) is 0 Å². The summed E-state index contributed by atoms with van der Waals surface area (Å²) in [7, 11) is 3.68. The van der Waals surface area contributed by atoms with Crippen molar-refractivity contribution in [3.05, 3.63) is 53.1 Å². The van der Waals surface area contributed by atoms with E-state index >= 15 is 0 Å². The molecular formula is C23H27F3N8O. The molecule has 3 N–H and O–H groups in total. The average molecular weight is 489 g/mol. The van der Waals surface area contributed by atoms with Gasteiger partial charge in [0.2, 0.25) is 5.95 Å². The summed E-state index contributed by atoms with van der Waals surface area (Å²) in [4.78, 5) is 14.9. The lowest BCUT2D eigenvalue weighted by Gasteiger charge is -2.33. The molecule has 4 rings (SSSR count). The van der Waals surface area contributed by atoms with E-state index in [2.05, 4.69) is 30.1 Å². The third kappa shape index (κ3) is 5.21. The Hall–Kier alpha value is -3.67. The number of hydrogen-bond acceptors (Lipinski definition) is 8. The number of likely N-dealkylation sites (N-methyl/N-ethyl adjacent to an activating group) is 1. The van der Waals surface area contributed by atoms with Crippen molar-refractivity contribution in [1.29, 1.82) is 5.41 Å². The molecule has 0 aromatic carbocycles. The van der Waals surface area contributed by atoms with E-state index in [9.17, 15) is 13.2 Å². The third-order valence-corrected chi connectivity index (χ3v) is 5.77. The summed E-state index contributed by atoms with van der Waals surface area (Å²) in [6.07, 6.45) is -0.462. The SMILES string of the molecule is COC[C@H]1CN(C)c2nc(NC/C(C=N)=C/NCc3ccc(C(F)(F)F)nc3)nc3cc(C)n1c23. The lowest BCUT2D eigenvalue weighted by atomic mass is 10.2. The lowest BCUT2D eigenvalue weighted by molar-refractivity contribution is -0.141. The van der Waals surface area contributed by atoms with Crippen molar-refractivity contribution in [2.24, 2.45) is 0 Å². The van der Waals surface area contributed by atoms with Crippen LogP contribution < -0.4 is 15.5 Å². The molecule has 9 nitrogen and oxygen atoms in total. The van der Waals surface area contributed by atoms with Gasteiger partial charge in [0.15, 0.2) is 5.82 Å². The van der Waals surface area contributed by atoms with Gasteiger partial charge in [-0.3, -0.25) is 4.98 Å². The summed E-state index contributed by atoms with van der Waals surface area (Å²) in [5, 5.41) is 13.8. The minimum absolute atomic E-state index is 0.177. The van der Waals surface area contributed by atoms with Gasteiger partial charge >= 0.3 is 6.18 Å².